The minimum Gasteiger partial charge on any atom is -0.481 e. The van der Waals surface area contributed by atoms with E-state index in [-0.39, 0.29) is 18.4 Å². The largest absolute Gasteiger partial charge is 0.481 e. The Morgan fingerprint density at radius 2 is 2.00 bits per heavy atom. The van der Waals surface area contributed by atoms with Gasteiger partial charge in [0.05, 0.1) is 18.1 Å². The lowest BCUT2D eigenvalue weighted by Gasteiger charge is -2.18. The molecule has 0 aromatic heterocycles. The van der Waals surface area contributed by atoms with E-state index in [2.05, 4.69) is 5.32 Å². The molecular weight excluding hydrogens is 270 g/mol. The van der Waals surface area contributed by atoms with E-state index in [0.29, 0.717) is 12.3 Å². The number of hydrogen-bond donors (Lipinski definition) is 2. The molecule has 0 unspecified atom stereocenters. The van der Waals surface area contributed by atoms with E-state index < -0.39 is 11.4 Å². The first-order chi connectivity index (χ1) is 9.70. The highest BCUT2D eigenvalue weighted by Crippen LogP contribution is 2.21. The summed E-state index contributed by atoms with van der Waals surface area (Å²) in [6, 6.07) is 7.34. The molecule has 1 aromatic rings. The average molecular weight is 293 g/mol. The first-order valence-electron chi connectivity index (χ1n) is 6.94. The molecule has 0 radical (unpaired) electrons. The van der Waals surface area contributed by atoms with Gasteiger partial charge in [-0.3, -0.25) is 9.59 Å². The highest BCUT2D eigenvalue weighted by atomic mass is 16.5. The molecule has 0 fully saturated rings. The Hall–Kier alpha value is -1.88. The molecule has 0 aliphatic heterocycles. The van der Waals surface area contributed by atoms with Crippen molar-refractivity contribution in [2.24, 2.45) is 5.41 Å². The Morgan fingerprint density at radius 1 is 1.33 bits per heavy atom. The van der Waals surface area contributed by atoms with Gasteiger partial charge in [0.15, 0.2) is 0 Å². The lowest BCUT2D eigenvalue weighted by atomic mass is 9.89. The average Bonchev–Trinajstić information content (AvgIpc) is 2.35. The third-order valence-corrected chi connectivity index (χ3v) is 2.98. The monoisotopic (exact) mass is 293 g/mol. The molecule has 0 spiro atoms. The number of rotatable bonds is 7. The van der Waals surface area contributed by atoms with Crippen molar-refractivity contribution in [1.29, 1.82) is 0 Å². The number of nitrogens with one attached hydrogen (secondary N) is 1. The molecule has 0 atom stereocenters. The van der Waals surface area contributed by atoms with Crippen LogP contribution in [0.15, 0.2) is 24.3 Å². The number of hydrogen-bond acceptors (Lipinski definition) is 3. The summed E-state index contributed by atoms with van der Waals surface area (Å²) in [5.41, 5.74) is 0.521. The van der Waals surface area contributed by atoms with Crippen molar-refractivity contribution >= 4 is 17.6 Å². The van der Waals surface area contributed by atoms with Crippen LogP contribution in [0.1, 0.15) is 39.7 Å². The van der Waals surface area contributed by atoms with E-state index in [1.165, 1.54) is 13.8 Å². The van der Waals surface area contributed by atoms with Crippen LogP contribution in [-0.2, 0) is 20.9 Å². The molecule has 0 saturated heterocycles. The van der Waals surface area contributed by atoms with Crippen LogP contribution in [0.3, 0.4) is 0 Å². The van der Waals surface area contributed by atoms with E-state index in [4.69, 9.17) is 9.84 Å². The normalized spacial score (nSPS) is 11.5. The topological polar surface area (TPSA) is 75.6 Å². The number of carbonyl (C=O) groups excluding carboxylic acids is 1. The van der Waals surface area contributed by atoms with E-state index in [1.807, 2.05) is 32.0 Å². The van der Waals surface area contributed by atoms with Crippen LogP contribution in [0.4, 0.5) is 5.69 Å². The fourth-order valence-corrected chi connectivity index (χ4v) is 1.68. The van der Waals surface area contributed by atoms with Gasteiger partial charge < -0.3 is 15.2 Å². The van der Waals surface area contributed by atoms with E-state index in [9.17, 15) is 9.59 Å². The molecule has 0 saturated carbocycles. The highest BCUT2D eigenvalue weighted by Gasteiger charge is 2.30. The minimum absolute atomic E-state index is 0.0744. The van der Waals surface area contributed by atoms with Crippen LogP contribution in [0, 0.1) is 5.41 Å². The van der Waals surface area contributed by atoms with Crippen LogP contribution in [0.5, 0.6) is 0 Å². The van der Waals surface area contributed by atoms with Gasteiger partial charge in [-0.25, -0.2) is 0 Å². The van der Waals surface area contributed by atoms with Crippen molar-refractivity contribution in [2.45, 2.75) is 46.8 Å². The summed E-state index contributed by atoms with van der Waals surface area (Å²) in [7, 11) is 0. The Bertz CT molecular complexity index is 509. The fourth-order valence-electron chi connectivity index (χ4n) is 1.68. The van der Waals surface area contributed by atoms with Crippen LogP contribution in [0.25, 0.3) is 0 Å². The number of carboxylic acids is 1. The van der Waals surface area contributed by atoms with Crippen molar-refractivity contribution < 1.29 is 19.4 Å². The molecular formula is C16H23NO4. The van der Waals surface area contributed by atoms with Crippen LogP contribution in [0.2, 0.25) is 0 Å². The third-order valence-electron chi connectivity index (χ3n) is 2.98. The quantitative estimate of drug-likeness (QED) is 0.810. The summed E-state index contributed by atoms with van der Waals surface area (Å²) in [4.78, 5) is 22.9. The van der Waals surface area contributed by atoms with Crippen molar-refractivity contribution in [3.05, 3.63) is 29.8 Å². The van der Waals surface area contributed by atoms with Gasteiger partial charge in [-0.2, -0.15) is 0 Å². The summed E-state index contributed by atoms with van der Waals surface area (Å²) in [6.45, 7) is 7.45. The number of ether oxygens (including phenoxy) is 1. The maximum Gasteiger partial charge on any atom is 0.309 e. The van der Waals surface area contributed by atoms with Crippen LogP contribution in [-0.4, -0.2) is 23.1 Å². The second-order valence-electron chi connectivity index (χ2n) is 5.97. The maximum absolute atomic E-state index is 11.9. The van der Waals surface area contributed by atoms with Crippen molar-refractivity contribution in [3.8, 4) is 0 Å². The van der Waals surface area contributed by atoms with Gasteiger partial charge in [-0.15, -0.1) is 0 Å². The van der Waals surface area contributed by atoms with E-state index >= 15 is 0 Å². The molecule has 1 rings (SSSR count). The molecule has 1 aromatic carbocycles. The molecule has 0 aliphatic rings. The molecule has 5 nitrogen and oxygen atoms in total. The summed E-state index contributed by atoms with van der Waals surface area (Å²) in [5.74, 6) is -1.30. The standard InChI is InChI=1S/C16H23NO4/c1-11(2)21-10-12-6-5-7-13(8-12)17-14(18)9-16(3,4)15(19)20/h5-8,11H,9-10H2,1-4H3,(H,17,18)(H,19,20). The molecule has 116 valence electrons. The third kappa shape index (κ3) is 5.95. The number of aliphatic carboxylic acids is 1. The summed E-state index contributed by atoms with van der Waals surface area (Å²) >= 11 is 0. The second kappa shape index (κ2) is 7.22. The zero-order valence-corrected chi connectivity index (χ0v) is 13.0. The predicted octanol–water partition coefficient (Wildman–Crippen LogP) is 3.05. The summed E-state index contributed by atoms with van der Waals surface area (Å²) in [5, 5.41) is 11.7. The Kier molecular flexibility index (Phi) is 5.90. The number of anilines is 1. The van der Waals surface area contributed by atoms with Gasteiger partial charge in [0.25, 0.3) is 0 Å². The predicted molar refractivity (Wildman–Crippen MR) is 81.0 cm³/mol. The number of carbonyl (C=O) groups is 2. The smallest absolute Gasteiger partial charge is 0.309 e. The molecule has 0 heterocycles. The lowest BCUT2D eigenvalue weighted by Crippen LogP contribution is -2.29. The summed E-state index contributed by atoms with van der Waals surface area (Å²) < 4.78 is 5.51. The SMILES string of the molecule is CC(C)OCc1cccc(NC(=O)CC(C)(C)C(=O)O)c1. The number of benzene rings is 1. The zero-order chi connectivity index (χ0) is 16.0. The van der Waals surface area contributed by atoms with Gasteiger partial charge in [0, 0.05) is 12.1 Å². The molecule has 21 heavy (non-hydrogen) atoms. The Balaban J connectivity index is 2.64. The van der Waals surface area contributed by atoms with Crippen molar-refractivity contribution in [3.63, 3.8) is 0 Å². The molecule has 0 aliphatic carbocycles. The van der Waals surface area contributed by atoms with Crippen LogP contribution >= 0.6 is 0 Å². The van der Waals surface area contributed by atoms with Crippen LogP contribution < -0.4 is 5.32 Å². The summed E-state index contributed by atoms with van der Waals surface area (Å²) in [6.07, 6.45) is 0.0642. The van der Waals surface area contributed by atoms with Gasteiger partial charge in [-0.05, 0) is 45.4 Å². The van der Waals surface area contributed by atoms with Crippen molar-refractivity contribution in [1.82, 2.24) is 0 Å². The zero-order valence-electron chi connectivity index (χ0n) is 13.0. The molecule has 1 amide bonds. The Labute approximate surface area is 125 Å². The lowest BCUT2D eigenvalue weighted by molar-refractivity contribution is -0.148. The van der Waals surface area contributed by atoms with Gasteiger partial charge in [0.2, 0.25) is 5.91 Å². The van der Waals surface area contributed by atoms with Crippen molar-refractivity contribution in [2.75, 3.05) is 5.32 Å². The molecule has 5 heteroatoms. The fraction of sp³-hybridized carbons (Fsp3) is 0.500. The Morgan fingerprint density at radius 3 is 2.57 bits per heavy atom. The van der Waals surface area contributed by atoms with E-state index in [0.717, 1.165) is 5.56 Å². The second-order valence-corrected chi connectivity index (χ2v) is 5.97. The highest BCUT2D eigenvalue weighted by molar-refractivity contribution is 5.94. The molecule has 0 bridgehead atoms. The first kappa shape index (κ1) is 17.2. The first-order valence-corrected chi connectivity index (χ1v) is 6.94. The molecule has 2 N–H and O–H groups in total. The minimum atomic E-state index is -1.08. The maximum atomic E-state index is 11.9. The van der Waals surface area contributed by atoms with E-state index in [1.54, 1.807) is 6.07 Å². The van der Waals surface area contributed by atoms with Gasteiger partial charge in [0.1, 0.15) is 0 Å². The number of amides is 1. The number of carboxylic acid groups (broad SMARTS) is 1. The van der Waals surface area contributed by atoms with Gasteiger partial charge >= 0.3 is 5.97 Å². The van der Waals surface area contributed by atoms with Gasteiger partial charge in [-0.1, -0.05) is 12.1 Å².